The molecule has 1 amide bonds. The van der Waals surface area contributed by atoms with Gasteiger partial charge >= 0.3 is 0 Å². The molecule has 27 heavy (non-hydrogen) atoms. The molecule has 6 heteroatoms. The maximum Gasteiger partial charge on any atom is 0.259 e. The lowest BCUT2D eigenvalue weighted by atomic mass is 10.2. The van der Waals surface area contributed by atoms with E-state index < -0.39 is 0 Å². The molecule has 4 rings (SSSR count). The van der Waals surface area contributed by atoms with Crippen LogP contribution in [0.4, 0.5) is 5.69 Å². The van der Waals surface area contributed by atoms with Crippen LogP contribution in [0.25, 0.3) is 16.7 Å². The molecule has 0 spiro atoms. The maximum absolute atomic E-state index is 12.6. The Morgan fingerprint density at radius 3 is 2.59 bits per heavy atom. The van der Waals surface area contributed by atoms with E-state index in [2.05, 4.69) is 15.4 Å². The summed E-state index contributed by atoms with van der Waals surface area (Å²) in [5.41, 5.74) is 2.80. The van der Waals surface area contributed by atoms with Crippen LogP contribution < -0.4 is 10.1 Å². The predicted molar refractivity (Wildman–Crippen MR) is 105 cm³/mol. The third-order valence-corrected chi connectivity index (χ3v) is 4.40. The van der Waals surface area contributed by atoms with Crippen molar-refractivity contribution in [2.45, 2.75) is 6.92 Å². The van der Waals surface area contributed by atoms with Crippen molar-refractivity contribution >= 4 is 22.5 Å². The van der Waals surface area contributed by atoms with E-state index in [-0.39, 0.29) is 5.91 Å². The molecular weight excluding hydrogens is 340 g/mol. The van der Waals surface area contributed by atoms with Gasteiger partial charge in [-0.05, 0) is 49.4 Å². The second-order valence-electron chi connectivity index (χ2n) is 6.10. The van der Waals surface area contributed by atoms with E-state index in [1.807, 2.05) is 43.3 Å². The Balaban J connectivity index is 1.61. The minimum atomic E-state index is -0.218. The van der Waals surface area contributed by atoms with Gasteiger partial charge in [0.15, 0.2) is 5.82 Å². The Hall–Kier alpha value is -3.67. The van der Waals surface area contributed by atoms with Gasteiger partial charge in [0.1, 0.15) is 5.75 Å². The summed E-state index contributed by atoms with van der Waals surface area (Å²) >= 11 is 0. The molecule has 1 N–H and O–H groups in total. The third kappa shape index (κ3) is 3.25. The number of amides is 1. The van der Waals surface area contributed by atoms with Crippen LogP contribution in [0.1, 0.15) is 16.1 Å². The number of benzene rings is 2. The van der Waals surface area contributed by atoms with Gasteiger partial charge in [-0.2, -0.15) is 5.10 Å². The lowest BCUT2D eigenvalue weighted by molar-refractivity contribution is 0.102. The first kappa shape index (κ1) is 16.8. The van der Waals surface area contributed by atoms with Gasteiger partial charge in [-0.25, -0.2) is 9.67 Å². The molecule has 0 saturated carbocycles. The summed E-state index contributed by atoms with van der Waals surface area (Å²) in [7, 11) is 1.60. The number of methoxy groups -OCH3 is 1. The van der Waals surface area contributed by atoms with Crippen LogP contribution in [0.2, 0.25) is 0 Å². The molecule has 0 atom stereocenters. The van der Waals surface area contributed by atoms with Gasteiger partial charge in [-0.15, -0.1) is 0 Å². The van der Waals surface area contributed by atoms with Crippen LogP contribution in [0.3, 0.4) is 0 Å². The zero-order valence-electron chi connectivity index (χ0n) is 15.0. The molecule has 2 aromatic heterocycles. The van der Waals surface area contributed by atoms with Crippen molar-refractivity contribution in [2.24, 2.45) is 0 Å². The van der Waals surface area contributed by atoms with Gasteiger partial charge in [-0.3, -0.25) is 4.79 Å². The predicted octanol–water partition coefficient (Wildman–Crippen LogP) is 3.99. The Kier molecular flexibility index (Phi) is 4.30. The van der Waals surface area contributed by atoms with Gasteiger partial charge < -0.3 is 10.1 Å². The Bertz CT molecular complexity index is 1120. The third-order valence-electron chi connectivity index (χ3n) is 4.40. The molecule has 6 nitrogen and oxygen atoms in total. The molecule has 0 bridgehead atoms. The van der Waals surface area contributed by atoms with Crippen molar-refractivity contribution in [3.63, 3.8) is 0 Å². The molecule has 0 aliphatic heterocycles. The minimum Gasteiger partial charge on any atom is -0.497 e. The standard InChI is InChI=1S/C21H18N4O2/c1-14-18(21(26)23-16-8-10-17(27-2)11-9-16)13-22-25(14)20-12-7-15-5-3-4-6-19(15)24-20/h3-13H,1-2H3,(H,23,26). The summed E-state index contributed by atoms with van der Waals surface area (Å²) in [4.78, 5) is 17.3. The van der Waals surface area contributed by atoms with Crippen molar-refractivity contribution in [3.05, 3.63) is 78.1 Å². The Morgan fingerprint density at radius 2 is 1.81 bits per heavy atom. The van der Waals surface area contributed by atoms with Crippen LogP contribution in [-0.4, -0.2) is 27.8 Å². The van der Waals surface area contributed by atoms with Gasteiger partial charge in [0.2, 0.25) is 0 Å². The van der Waals surface area contributed by atoms with Crippen molar-refractivity contribution in [1.29, 1.82) is 0 Å². The fourth-order valence-corrected chi connectivity index (χ4v) is 2.91. The number of hydrogen-bond acceptors (Lipinski definition) is 4. The summed E-state index contributed by atoms with van der Waals surface area (Å²) in [5.74, 6) is 1.19. The number of nitrogens with zero attached hydrogens (tertiary/aromatic N) is 3. The van der Waals surface area contributed by atoms with E-state index >= 15 is 0 Å². The molecule has 2 aromatic carbocycles. The Morgan fingerprint density at radius 1 is 1.04 bits per heavy atom. The van der Waals surface area contributed by atoms with Crippen LogP contribution >= 0.6 is 0 Å². The number of para-hydroxylation sites is 1. The van der Waals surface area contributed by atoms with Crippen LogP contribution in [0.15, 0.2) is 66.9 Å². The highest BCUT2D eigenvalue weighted by molar-refractivity contribution is 6.05. The molecule has 0 unspecified atom stereocenters. The molecule has 0 saturated heterocycles. The van der Waals surface area contributed by atoms with Crippen LogP contribution in [0.5, 0.6) is 5.75 Å². The zero-order valence-corrected chi connectivity index (χ0v) is 15.0. The monoisotopic (exact) mass is 358 g/mol. The summed E-state index contributed by atoms with van der Waals surface area (Å²) in [5, 5.41) is 8.29. The van der Waals surface area contributed by atoms with Gasteiger partial charge in [0.25, 0.3) is 5.91 Å². The largest absolute Gasteiger partial charge is 0.497 e. The second kappa shape index (κ2) is 6.92. The number of aromatic nitrogens is 3. The molecule has 0 aliphatic carbocycles. The van der Waals surface area contributed by atoms with E-state index in [4.69, 9.17) is 4.74 Å². The lowest BCUT2D eigenvalue weighted by Crippen LogP contribution is -2.13. The van der Waals surface area contributed by atoms with Crippen LogP contribution in [0, 0.1) is 6.92 Å². The quantitative estimate of drug-likeness (QED) is 0.599. The number of carbonyl (C=O) groups is 1. The number of carbonyl (C=O) groups excluding carboxylic acids is 1. The van der Waals surface area contributed by atoms with Crippen molar-refractivity contribution in [3.8, 4) is 11.6 Å². The van der Waals surface area contributed by atoms with Crippen molar-refractivity contribution in [2.75, 3.05) is 12.4 Å². The van der Waals surface area contributed by atoms with Crippen molar-refractivity contribution in [1.82, 2.24) is 14.8 Å². The number of ether oxygens (including phenoxy) is 1. The van der Waals surface area contributed by atoms with E-state index in [1.165, 1.54) is 0 Å². The fourth-order valence-electron chi connectivity index (χ4n) is 2.91. The molecule has 4 aromatic rings. The molecule has 134 valence electrons. The lowest BCUT2D eigenvalue weighted by Gasteiger charge is -2.07. The average molecular weight is 358 g/mol. The molecule has 0 fully saturated rings. The highest BCUT2D eigenvalue weighted by Gasteiger charge is 2.16. The van der Waals surface area contributed by atoms with Crippen molar-refractivity contribution < 1.29 is 9.53 Å². The Labute approximate surface area is 156 Å². The normalized spacial score (nSPS) is 10.7. The summed E-state index contributed by atoms with van der Waals surface area (Å²) in [6, 6.07) is 19.0. The summed E-state index contributed by atoms with van der Waals surface area (Å²) < 4.78 is 6.80. The minimum absolute atomic E-state index is 0.218. The number of rotatable bonds is 4. The SMILES string of the molecule is COc1ccc(NC(=O)c2cnn(-c3ccc4ccccc4n3)c2C)cc1. The first-order valence-electron chi connectivity index (χ1n) is 8.52. The van der Waals surface area contributed by atoms with Gasteiger partial charge in [-0.1, -0.05) is 18.2 Å². The topological polar surface area (TPSA) is 69.0 Å². The van der Waals surface area contributed by atoms with E-state index in [9.17, 15) is 4.79 Å². The number of fused-ring (bicyclic) bond motifs is 1. The first-order chi connectivity index (χ1) is 13.2. The highest BCUT2D eigenvalue weighted by atomic mass is 16.5. The smallest absolute Gasteiger partial charge is 0.259 e. The molecule has 2 heterocycles. The first-order valence-corrected chi connectivity index (χ1v) is 8.52. The van der Waals surface area contributed by atoms with Gasteiger partial charge in [0, 0.05) is 11.1 Å². The number of pyridine rings is 1. The molecule has 0 radical (unpaired) electrons. The van der Waals surface area contributed by atoms with E-state index in [1.54, 1.807) is 42.3 Å². The summed E-state index contributed by atoms with van der Waals surface area (Å²) in [6.07, 6.45) is 1.56. The van der Waals surface area contributed by atoms with E-state index in [0.717, 1.165) is 22.3 Å². The number of nitrogens with one attached hydrogen (secondary N) is 1. The molecular formula is C21H18N4O2. The van der Waals surface area contributed by atoms with Gasteiger partial charge in [0.05, 0.1) is 30.1 Å². The fraction of sp³-hybridized carbons (Fsp3) is 0.0952. The number of hydrogen-bond donors (Lipinski definition) is 1. The second-order valence-corrected chi connectivity index (χ2v) is 6.10. The number of anilines is 1. The average Bonchev–Trinajstić information content (AvgIpc) is 3.09. The van der Waals surface area contributed by atoms with E-state index in [0.29, 0.717) is 17.1 Å². The highest BCUT2D eigenvalue weighted by Crippen LogP contribution is 2.19. The maximum atomic E-state index is 12.6. The molecule has 0 aliphatic rings. The summed E-state index contributed by atoms with van der Waals surface area (Å²) in [6.45, 7) is 1.85. The van der Waals surface area contributed by atoms with Crippen LogP contribution in [-0.2, 0) is 0 Å². The zero-order chi connectivity index (χ0) is 18.8.